The number of esters is 1. The summed E-state index contributed by atoms with van der Waals surface area (Å²) in [5.41, 5.74) is 0.737. The Kier molecular flexibility index (Phi) is 5.21. The van der Waals surface area contributed by atoms with E-state index in [-0.39, 0.29) is 18.1 Å². The first-order chi connectivity index (χ1) is 10.5. The summed E-state index contributed by atoms with van der Waals surface area (Å²) in [4.78, 5) is 36.6. The summed E-state index contributed by atoms with van der Waals surface area (Å²) in [6.45, 7) is 1.50. The van der Waals surface area contributed by atoms with Gasteiger partial charge in [-0.1, -0.05) is 12.1 Å². The zero-order valence-corrected chi connectivity index (χ0v) is 13.0. The molecule has 1 aliphatic heterocycles. The highest BCUT2D eigenvalue weighted by molar-refractivity contribution is 8.18. The molecular formula is C15H15NO5S. The number of hydrogen-bond acceptors (Lipinski definition) is 6. The van der Waals surface area contributed by atoms with E-state index in [9.17, 15) is 14.4 Å². The number of imide groups is 1. The van der Waals surface area contributed by atoms with Crippen molar-refractivity contribution in [3.05, 3.63) is 34.7 Å². The molecule has 7 heteroatoms. The minimum absolute atomic E-state index is 0.203. The number of nitrogens with zero attached hydrogens (tertiary/aromatic N) is 1. The minimum atomic E-state index is -0.604. The number of rotatable bonds is 5. The lowest BCUT2D eigenvalue weighted by molar-refractivity contribution is -0.145. The molecule has 0 unspecified atom stereocenters. The zero-order chi connectivity index (χ0) is 16.1. The number of amides is 2. The number of methoxy groups -OCH3 is 1. The normalized spacial score (nSPS) is 16.3. The highest BCUT2D eigenvalue weighted by atomic mass is 32.2. The van der Waals surface area contributed by atoms with Crippen LogP contribution in [0.25, 0.3) is 6.08 Å². The average molecular weight is 321 g/mol. The van der Waals surface area contributed by atoms with Crippen molar-refractivity contribution in [3.8, 4) is 5.75 Å². The van der Waals surface area contributed by atoms with Crippen molar-refractivity contribution in [1.29, 1.82) is 0 Å². The molecule has 22 heavy (non-hydrogen) atoms. The van der Waals surface area contributed by atoms with Gasteiger partial charge in [0.05, 0.1) is 18.6 Å². The summed E-state index contributed by atoms with van der Waals surface area (Å²) in [5.74, 6) is -0.446. The van der Waals surface area contributed by atoms with Gasteiger partial charge in [-0.2, -0.15) is 0 Å². The Balaban J connectivity index is 2.16. The van der Waals surface area contributed by atoms with Crippen molar-refractivity contribution >= 4 is 35.0 Å². The minimum Gasteiger partial charge on any atom is -0.497 e. The first-order valence-electron chi connectivity index (χ1n) is 6.60. The Bertz CT molecular complexity index is 641. The van der Waals surface area contributed by atoms with Gasteiger partial charge in [-0.3, -0.25) is 19.3 Å². The predicted molar refractivity (Wildman–Crippen MR) is 82.3 cm³/mol. The van der Waals surface area contributed by atoms with Crippen LogP contribution in [0.5, 0.6) is 5.75 Å². The monoisotopic (exact) mass is 321 g/mol. The highest BCUT2D eigenvalue weighted by Crippen LogP contribution is 2.32. The van der Waals surface area contributed by atoms with E-state index in [4.69, 9.17) is 9.47 Å². The van der Waals surface area contributed by atoms with Crippen molar-refractivity contribution in [3.63, 3.8) is 0 Å². The fraction of sp³-hybridized carbons (Fsp3) is 0.267. The van der Waals surface area contributed by atoms with Gasteiger partial charge in [0, 0.05) is 0 Å². The molecule has 0 atom stereocenters. The molecule has 1 aromatic carbocycles. The SMILES string of the molecule is CCOC(=O)CN1C(=O)S/C(=C\c2cccc(OC)c2)C1=O. The third-order valence-electron chi connectivity index (χ3n) is 2.86. The van der Waals surface area contributed by atoms with Gasteiger partial charge in [-0.15, -0.1) is 0 Å². The molecule has 1 fully saturated rings. The molecule has 2 amide bonds. The molecule has 1 aliphatic rings. The Morgan fingerprint density at radius 1 is 1.36 bits per heavy atom. The standard InChI is InChI=1S/C15H15NO5S/c1-3-21-13(17)9-16-14(18)12(22-15(16)19)8-10-5-4-6-11(7-10)20-2/h4-8H,3,9H2,1-2H3/b12-8-. The van der Waals surface area contributed by atoms with Gasteiger partial charge < -0.3 is 9.47 Å². The van der Waals surface area contributed by atoms with Gasteiger partial charge >= 0.3 is 5.97 Å². The number of hydrogen-bond donors (Lipinski definition) is 0. The van der Waals surface area contributed by atoms with Crippen molar-refractivity contribution < 1.29 is 23.9 Å². The second-order valence-corrected chi connectivity index (χ2v) is 5.34. The molecule has 0 N–H and O–H groups in total. The van der Waals surface area contributed by atoms with E-state index >= 15 is 0 Å². The molecule has 0 aliphatic carbocycles. The van der Waals surface area contributed by atoms with Crippen LogP contribution in [0.2, 0.25) is 0 Å². The third-order valence-corrected chi connectivity index (χ3v) is 3.77. The van der Waals surface area contributed by atoms with Gasteiger partial charge in [-0.25, -0.2) is 0 Å². The molecule has 0 bridgehead atoms. The van der Waals surface area contributed by atoms with Crippen molar-refractivity contribution in [1.82, 2.24) is 4.90 Å². The number of carbonyl (C=O) groups excluding carboxylic acids is 3. The molecule has 0 spiro atoms. The van der Waals surface area contributed by atoms with E-state index in [0.717, 1.165) is 22.2 Å². The van der Waals surface area contributed by atoms with Gasteiger partial charge in [-0.05, 0) is 42.5 Å². The molecule has 1 saturated heterocycles. The van der Waals surface area contributed by atoms with Crippen LogP contribution >= 0.6 is 11.8 Å². The van der Waals surface area contributed by atoms with Gasteiger partial charge in [0.2, 0.25) is 0 Å². The number of ether oxygens (including phenoxy) is 2. The van der Waals surface area contributed by atoms with Crippen molar-refractivity contribution in [2.75, 3.05) is 20.3 Å². The maximum atomic E-state index is 12.2. The number of thioether (sulfide) groups is 1. The van der Waals surface area contributed by atoms with Crippen LogP contribution in [0.3, 0.4) is 0 Å². The van der Waals surface area contributed by atoms with Crippen LogP contribution in [0.4, 0.5) is 4.79 Å². The lowest BCUT2D eigenvalue weighted by Crippen LogP contribution is -2.34. The molecule has 0 aromatic heterocycles. The Labute approximate surface area is 132 Å². The van der Waals surface area contributed by atoms with E-state index in [1.54, 1.807) is 44.4 Å². The number of benzene rings is 1. The zero-order valence-electron chi connectivity index (χ0n) is 12.2. The van der Waals surface area contributed by atoms with Crippen LogP contribution in [-0.4, -0.2) is 42.3 Å². The summed E-state index contributed by atoms with van der Waals surface area (Å²) in [6, 6.07) is 7.11. The summed E-state index contributed by atoms with van der Waals surface area (Å²) in [6.07, 6.45) is 1.60. The van der Waals surface area contributed by atoms with Gasteiger partial charge in [0.1, 0.15) is 12.3 Å². The molecule has 2 rings (SSSR count). The fourth-order valence-corrected chi connectivity index (χ4v) is 2.69. The molecule has 1 heterocycles. The van der Waals surface area contributed by atoms with Crippen LogP contribution in [0.1, 0.15) is 12.5 Å². The largest absolute Gasteiger partial charge is 0.497 e. The Morgan fingerprint density at radius 3 is 2.82 bits per heavy atom. The molecule has 0 radical (unpaired) electrons. The van der Waals surface area contributed by atoms with Crippen molar-refractivity contribution in [2.45, 2.75) is 6.92 Å². The average Bonchev–Trinajstić information content (AvgIpc) is 2.75. The Morgan fingerprint density at radius 2 is 2.14 bits per heavy atom. The van der Waals surface area contributed by atoms with Crippen LogP contribution < -0.4 is 4.74 Å². The lowest BCUT2D eigenvalue weighted by Gasteiger charge is -2.10. The summed E-state index contributed by atoms with van der Waals surface area (Å²) in [7, 11) is 1.55. The van der Waals surface area contributed by atoms with Gasteiger partial charge in [0.25, 0.3) is 11.1 Å². The molecule has 116 valence electrons. The summed E-state index contributed by atoms with van der Waals surface area (Å²) in [5, 5.41) is -0.479. The first-order valence-corrected chi connectivity index (χ1v) is 7.42. The quantitative estimate of drug-likeness (QED) is 0.612. The second kappa shape index (κ2) is 7.13. The van der Waals surface area contributed by atoms with E-state index in [1.807, 2.05) is 0 Å². The molecule has 1 aromatic rings. The highest BCUT2D eigenvalue weighted by Gasteiger charge is 2.36. The maximum absolute atomic E-state index is 12.2. The van der Waals surface area contributed by atoms with Crippen LogP contribution in [0.15, 0.2) is 29.2 Å². The first kappa shape index (κ1) is 16.1. The van der Waals surface area contributed by atoms with Crippen LogP contribution in [0, 0.1) is 0 Å². The van der Waals surface area contributed by atoms with Gasteiger partial charge in [0.15, 0.2) is 0 Å². The maximum Gasteiger partial charge on any atom is 0.326 e. The second-order valence-electron chi connectivity index (χ2n) is 4.35. The molecular weight excluding hydrogens is 306 g/mol. The summed E-state index contributed by atoms with van der Waals surface area (Å²) >= 11 is 0.800. The topological polar surface area (TPSA) is 72.9 Å². The molecule has 6 nitrogen and oxygen atoms in total. The molecule has 0 saturated carbocycles. The van der Waals surface area contributed by atoms with Crippen LogP contribution in [-0.2, 0) is 14.3 Å². The third kappa shape index (κ3) is 3.67. The smallest absolute Gasteiger partial charge is 0.326 e. The fourth-order valence-electron chi connectivity index (χ4n) is 1.85. The predicted octanol–water partition coefficient (Wildman–Crippen LogP) is 2.29. The van der Waals surface area contributed by atoms with E-state index in [0.29, 0.717) is 5.75 Å². The number of carbonyl (C=O) groups is 3. The van der Waals surface area contributed by atoms with Crippen molar-refractivity contribution in [2.24, 2.45) is 0 Å². The van der Waals surface area contributed by atoms with E-state index in [2.05, 4.69) is 0 Å². The van der Waals surface area contributed by atoms with E-state index < -0.39 is 17.1 Å². The Hall–Kier alpha value is -2.28. The van der Waals surface area contributed by atoms with E-state index in [1.165, 1.54) is 0 Å². The summed E-state index contributed by atoms with van der Waals surface area (Å²) < 4.78 is 9.86. The lowest BCUT2D eigenvalue weighted by atomic mass is 10.2.